The number of nitrogens with zero attached hydrogens (tertiary/aromatic N) is 3. The first-order valence-electron chi connectivity index (χ1n) is 7.93. The van der Waals surface area contributed by atoms with Crippen LogP contribution in [0.4, 0.5) is 5.82 Å². The third-order valence-corrected chi connectivity index (χ3v) is 5.25. The zero-order valence-electron chi connectivity index (χ0n) is 13.8. The maximum Gasteiger partial charge on any atom is 0.269 e. The normalized spacial score (nSPS) is 16.7. The van der Waals surface area contributed by atoms with E-state index >= 15 is 0 Å². The van der Waals surface area contributed by atoms with E-state index in [1.54, 1.807) is 24.4 Å². The fourth-order valence-electron chi connectivity index (χ4n) is 2.83. The molecule has 1 aromatic heterocycles. The zero-order chi connectivity index (χ0) is 18.2. The molecular formula is C17H19Cl2N5O. The van der Waals surface area contributed by atoms with Crippen molar-refractivity contribution in [1.82, 2.24) is 9.97 Å². The van der Waals surface area contributed by atoms with Gasteiger partial charge < -0.3 is 16.4 Å². The highest BCUT2D eigenvalue weighted by molar-refractivity contribution is 6.43. The third kappa shape index (κ3) is 3.71. The fraction of sp³-hybridized carbons (Fsp3) is 0.353. The summed E-state index contributed by atoms with van der Waals surface area (Å²) in [6.45, 7) is 3.53. The molecule has 2 heterocycles. The Morgan fingerprint density at radius 2 is 1.96 bits per heavy atom. The molecule has 0 unspecified atom stereocenters. The molecule has 8 heteroatoms. The number of anilines is 1. The first-order valence-corrected chi connectivity index (χ1v) is 8.69. The van der Waals surface area contributed by atoms with Crippen molar-refractivity contribution < 1.29 is 4.79 Å². The number of hydrogen-bond acceptors (Lipinski definition) is 5. The average Bonchev–Trinajstić information content (AvgIpc) is 2.57. The van der Waals surface area contributed by atoms with Crippen molar-refractivity contribution in [1.29, 1.82) is 0 Å². The first kappa shape index (κ1) is 17.9. The topological polar surface area (TPSA) is 98.1 Å². The lowest BCUT2D eigenvalue weighted by molar-refractivity contribution is 0.0996. The Hall–Kier alpha value is -1.89. The first-order chi connectivity index (χ1) is 11.8. The van der Waals surface area contributed by atoms with Crippen molar-refractivity contribution in [3.05, 3.63) is 40.1 Å². The number of rotatable bonds is 3. The SMILES string of the molecule is CC1(N)CCN(c2cnc(-c3cccc(Cl)c3Cl)c(C(N)=O)n2)CC1. The highest BCUT2D eigenvalue weighted by atomic mass is 35.5. The minimum atomic E-state index is -0.666. The molecule has 132 valence electrons. The number of amides is 1. The lowest BCUT2D eigenvalue weighted by Crippen LogP contribution is -2.48. The molecule has 1 fully saturated rings. The number of piperidine rings is 1. The quantitative estimate of drug-likeness (QED) is 0.853. The standard InChI is InChI=1S/C17H19Cl2N5O/c1-17(21)5-7-24(8-6-17)12-9-22-14(15(23-12)16(20)25)10-3-2-4-11(18)13(10)19/h2-4,9H,5-8,21H2,1H3,(H2,20,25). The number of primary amides is 1. The molecule has 1 amide bonds. The molecule has 0 saturated carbocycles. The molecule has 0 spiro atoms. The van der Waals surface area contributed by atoms with Gasteiger partial charge in [0.2, 0.25) is 0 Å². The highest BCUT2D eigenvalue weighted by Crippen LogP contribution is 2.34. The summed E-state index contributed by atoms with van der Waals surface area (Å²) in [4.78, 5) is 22.8. The van der Waals surface area contributed by atoms with Crippen molar-refractivity contribution in [2.24, 2.45) is 11.5 Å². The Morgan fingerprint density at radius 3 is 2.60 bits per heavy atom. The van der Waals surface area contributed by atoms with E-state index in [1.165, 1.54) is 0 Å². The number of halogens is 2. The lowest BCUT2D eigenvalue weighted by Gasteiger charge is -2.37. The Bertz CT molecular complexity index is 815. The van der Waals surface area contributed by atoms with E-state index in [0.29, 0.717) is 27.1 Å². The van der Waals surface area contributed by atoms with Crippen LogP contribution in [0.2, 0.25) is 10.0 Å². The van der Waals surface area contributed by atoms with Gasteiger partial charge in [0.15, 0.2) is 5.69 Å². The van der Waals surface area contributed by atoms with Crippen LogP contribution < -0.4 is 16.4 Å². The molecule has 0 radical (unpaired) electrons. The Morgan fingerprint density at radius 1 is 1.28 bits per heavy atom. The largest absolute Gasteiger partial charge is 0.364 e. The van der Waals surface area contributed by atoms with Gasteiger partial charge in [0.25, 0.3) is 5.91 Å². The molecular weight excluding hydrogens is 361 g/mol. The number of hydrogen-bond donors (Lipinski definition) is 2. The Labute approximate surface area is 156 Å². The van der Waals surface area contributed by atoms with E-state index in [1.807, 2.05) is 6.92 Å². The van der Waals surface area contributed by atoms with E-state index in [-0.39, 0.29) is 11.2 Å². The smallest absolute Gasteiger partial charge is 0.269 e. The van der Waals surface area contributed by atoms with Crippen LogP contribution in [-0.2, 0) is 0 Å². The maximum absolute atomic E-state index is 11.9. The van der Waals surface area contributed by atoms with Crippen LogP contribution in [-0.4, -0.2) is 34.5 Å². The maximum atomic E-state index is 11.9. The number of carbonyl (C=O) groups is 1. The van der Waals surface area contributed by atoms with Crippen LogP contribution >= 0.6 is 23.2 Å². The predicted octanol–water partition coefficient (Wildman–Crippen LogP) is 2.87. The molecule has 6 nitrogen and oxygen atoms in total. The van der Waals surface area contributed by atoms with Gasteiger partial charge in [-0.05, 0) is 25.8 Å². The van der Waals surface area contributed by atoms with Gasteiger partial charge in [0.1, 0.15) is 11.5 Å². The van der Waals surface area contributed by atoms with E-state index in [9.17, 15) is 4.79 Å². The van der Waals surface area contributed by atoms with Gasteiger partial charge in [-0.15, -0.1) is 0 Å². The predicted molar refractivity (Wildman–Crippen MR) is 100 cm³/mol. The summed E-state index contributed by atoms with van der Waals surface area (Å²) in [5, 5.41) is 0.685. The molecule has 1 aromatic carbocycles. The molecule has 4 N–H and O–H groups in total. The zero-order valence-corrected chi connectivity index (χ0v) is 15.3. The number of benzene rings is 1. The van der Waals surface area contributed by atoms with E-state index < -0.39 is 5.91 Å². The summed E-state index contributed by atoms with van der Waals surface area (Å²) in [5.74, 6) is -0.0627. The van der Waals surface area contributed by atoms with Crippen molar-refractivity contribution in [3.63, 3.8) is 0 Å². The van der Waals surface area contributed by atoms with Crippen LogP contribution in [0, 0.1) is 0 Å². The summed E-state index contributed by atoms with van der Waals surface area (Å²) >= 11 is 12.3. The van der Waals surface area contributed by atoms with Crippen molar-refractivity contribution >= 4 is 34.9 Å². The molecule has 1 aliphatic rings. The van der Waals surface area contributed by atoms with Crippen molar-refractivity contribution in [3.8, 4) is 11.3 Å². The van der Waals surface area contributed by atoms with Gasteiger partial charge in [-0.2, -0.15) is 0 Å². The summed E-state index contributed by atoms with van der Waals surface area (Å²) < 4.78 is 0. The molecule has 0 atom stereocenters. The van der Waals surface area contributed by atoms with Gasteiger partial charge in [-0.1, -0.05) is 35.3 Å². The van der Waals surface area contributed by atoms with Crippen molar-refractivity contribution in [2.75, 3.05) is 18.0 Å². The summed E-state index contributed by atoms with van der Waals surface area (Å²) in [5.41, 5.74) is 12.4. The number of aromatic nitrogens is 2. The van der Waals surface area contributed by atoms with E-state index in [2.05, 4.69) is 14.9 Å². The number of carbonyl (C=O) groups excluding carboxylic acids is 1. The minimum Gasteiger partial charge on any atom is -0.364 e. The highest BCUT2D eigenvalue weighted by Gasteiger charge is 2.27. The van der Waals surface area contributed by atoms with Gasteiger partial charge in [-0.25, -0.2) is 9.97 Å². The van der Waals surface area contributed by atoms with E-state index in [4.69, 9.17) is 34.7 Å². The van der Waals surface area contributed by atoms with Gasteiger partial charge in [0, 0.05) is 24.2 Å². The molecule has 0 bridgehead atoms. The molecule has 3 rings (SSSR count). The molecule has 25 heavy (non-hydrogen) atoms. The van der Waals surface area contributed by atoms with Crippen LogP contribution in [0.5, 0.6) is 0 Å². The molecule has 0 aliphatic carbocycles. The van der Waals surface area contributed by atoms with Crippen LogP contribution in [0.1, 0.15) is 30.3 Å². The fourth-order valence-corrected chi connectivity index (χ4v) is 3.22. The molecule has 2 aromatic rings. The van der Waals surface area contributed by atoms with Gasteiger partial charge in [0.05, 0.1) is 16.2 Å². The summed E-state index contributed by atoms with van der Waals surface area (Å²) in [7, 11) is 0. The van der Waals surface area contributed by atoms with Gasteiger partial charge in [-0.3, -0.25) is 4.79 Å². The van der Waals surface area contributed by atoms with Crippen molar-refractivity contribution in [2.45, 2.75) is 25.3 Å². The van der Waals surface area contributed by atoms with Crippen LogP contribution in [0.25, 0.3) is 11.3 Å². The Balaban J connectivity index is 2.00. The minimum absolute atomic E-state index is 0.0720. The lowest BCUT2D eigenvalue weighted by atomic mass is 9.91. The average molecular weight is 380 g/mol. The number of nitrogens with two attached hydrogens (primary N) is 2. The second kappa shape index (κ2) is 6.78. The second-order valence-electron chi connectivity index (χ2n) is 6.53. The second-order valence-corrected chi connectivity index (χ2v) is 7.32. The molecule has 1 aliphatic heterocycles. The monoisotopic (exact) mass is 379 g/mol. The van der Waals surface area contributed by atoms with Crippen LogP contribution in [0.3, 0.4) is 0 Å². The summed E-state index contributed by atoms with van der Waals surface area (Å²) in [6.07, 6.45) is 3.29. The van der Waals surface area contributed by atoms with Crippen LogP contribution in [0.15, 0.2) is 24.4 Å². The Kier molecular flexibility index (Phi) is 4.86. The third-order valence-electron chi connectivity index (χ3n) is 4.43. The summed E-state index contributed by atoms with van der Waals surface area (Å²) in [6, 6.07) is 5.12. The molecule has 1 saturated heterocycles. The van der Waals surface area contributed by atoms with Gasteiger partial charge >= 0.3 is 0 Å². The van der Waals surface area contributed by atoms with E-state index in [0.717, 1.165) is 25.9 Å².